The van der Waals surface area contributed by atoms with E-state index >= 15 is 0 Å². The first-order valence-corrected chi connectivity index (χ1v) is 9.88. The van der Waals surface area contributed by atoms with Crippen LogP contribution in [0.1, 0.15) is 53.4 Å². The molecule has 1 unspecified atom stereocenters. The Morgan fingerprint density at radius 3 is 2.81 bits per heavy atom. The molecule has 3 nitrogen and oxygen atoms in total. The summed E-state index contributed by atoms with van der Waals surface area (Å²) < 4.78 is 5.21. The van der Waals surface area contributed by atoms with Crippen LogP contribution in [0.2, 0.25) is 0 Å². The maximum Gasteiger partial charge on any atom is 0.116 e. The van der Waals surface area contributed by atoms with Crippen molar-refractivity contribution in [2.45, 2.75) is 53.4 Å². The van der Waals surface area contributed by atoms with Gasteiger partial charge < -0.3 is 15.0 Å². The second-order valence-electron chi connectivity index (χ2n) is 7.02. The normalized spacial score (nSPS) is 19.2. The van der Waals surface area contributed by atoms with Gasteiger partial charge >= 0.3 is 0 Å². The summed E-state index contributed by atoms with van der Waals surface area (Å²) in [7, 11) is 3.92. The number of ether oxygens (including phenoxy) is 1. The Labute approximate surface area is 161 Å². The van der Waals surface area contributed by atoms with Gasteiger partial charge in [-0.15, -0.1) is 0 Å². The molecule has 0 saturated carbocycles. The van der Waals surface area contributed by atoms with Gasteiger partial charge in [0.05, 0.1) is 0 Å². The van der Waals surface area contributed by atoms with Crippen LogP contribution in [0.5, 0.6) is 0 Å². The van der Waals surface area contributed by atoms with Crippen LogP contribution >= 0.6 is 0 Å². The smallest absolute Gasteiger partial charge is 0.116 e. The van der Waals surface area contributed by atoms with E-state index in [9.17, 15) is 0 Å². The fraction of sp³-hybridized carbons (Fsp3) is 0.565. The van der Waals surface area contributed by atoms with Crippen molar-refractivity contribution >= 4 is 0 Å². The summed E-state index contributed by atoms with van der Waals surface area (Å²) in [5.41, 5.74) is 5.24. The van der Waals surface area contributed by atoms with Crippen LogP contribution in [-0.4, -0.2) is 32.3 Å². The van der Waals surface area contributed by atoms with E-state index in [0.29, 0.717) is 12.6 Å². The van der Waals surface area contributed by atoms with Crippen LogP contribution in [0.25, 0.3) is 0 Å². The molecule has 146 valence electrons. The number of hydrogen-bond donors (Lipinski definition) is 1. The molecule has 0 bridgehead atoms. The van der Waals surface area contributed by atoms with E-state index < -0.39 is 0 Å². The van der Waals surface area contributed by atoms with E-state index in [-0.39, 0.29) is 0 Å². The van der Waals surface area contributed by atoms with Gasteiger partial charge in [-0.25, -0.2) is 0 Å². The van der Waals surface area contributed by atoms with Crippen molar-refractivity contribution in [3.8, 4) is 0 Å². The SMILES string of the molecule is C\C=C/C(C)=C(\C=C/CC)N(C)CCC1=CC(C)CCC=C1NCOC. The molecule has 1 rings (SSSR count). The number of nitrogens with zero attached hydrogens (tertiary/aromatic N) is 1. The quantitative estimate of drug-likeness (QED) is 0.409. The summed E-state index contributed by atoms with van der Waals surface area (Å²) in [6, 6.07) is 0. The lowest BCUT2D eigenvalue weighted by Gasteiger charge is -2.24. The molecule has 0 aromatic heterocycles. The third-order valence-electron chi connectivity index (χ3n) is 4.67. The lowest BCUT2D eigenvalue weighted by atomic mass is 10.0. The Bertz CT molecular complexity index is 567. The number of methoxy groups -OCH3 is 1. The van der Waals surface area contributed by atoms with Crippen molar-refractivity contribution in [3.05, 3.63) is 59.0 Å². The van der Waals surface area contributed by atoms with Crippen LogP contribution in [0.3, 0.4) is 0 Å². The maximum absolute atomic E-state index is 5.21. The number of allylic oxidation sites excluding steroid dienone is 8. The van der Waals surface area contributed by atoms with Crippen LogP contribution < -0.4 is 5.32 Å². The molecule has 0 amide bonds. The average molecular weight is 359 g/mol. The van der Waals surface area contributed by atoms with Gasteiger partial charge in [-0.3, -0.25) is 0 Å². The van der Waals surface area contributed by atoms with Crippen LogP contribution in [0.4, 0.5) is 0 Å². The summed E-state index contributed by atoms with van der Waals surface area (Å²) in [5, 5.41) is 3.43. The van der Waals surface area contributed by atoms with Crippen molar-refractivity contribution in [2.24, 2.45) is 5.92 Å². The summed E-state index contributed by atoms with van der Waals surface area (Å²) in [4.78, 5) is 2.37. The monoisotopic (exact) mass is 358 g/mol. The molecule has 0 aliphatic heterocycles. The number of rotatable bonds is 10. The van der Waals surface area contributed by atoms with Crippen LogP contribution in [0, 0.1) is 5.92 Å². The van der Waals surface area contributed by atoms with Crippen molar-refractivity contribution in [1.82, 2.24) is 10.2 Å². The van der Waals surface area contributed by atoms with Gasteiger partial charge in [0.15, 0.2) is 0 Å². The zero-order chi connectivity index (χ0) is 19.4. The fourth-order valence-electron chi connectivity index (χ4n) is 3.23. The Morgan fingerprint density at radius 1 is 1.38 bits per heavy atom. The Balaban J connectivity index is 2.90. The number of nitrogens with one attached hydrogen (secondary N) is 1. The fourth-order valence-corrected chi connectivity index (χ4v) is 3.23. The van der Waals surface area contributed by atoms with E-state index in [0.717, 1.165) is 25.8 Å². The lowest BCUT2D eigenvalue weighted by Crippen LogP contribution is -2.22. The molecule has 1 atom stereocenters. The van der Waals surface area contributed by atoms with Gasteiger partial charge in [-0.05, 0) is 62.7 Å². The molecule has 0 aromatic rings. The largest absolute Gasteiger partial charge is 0.374 e. The van der Waals surface area contributed by atoms with Gasteiger partial charge in [0, 0.05) is 32.1 Å². The van der Waals surface area contributed by atoms with E-state index in [1.54, 1.807) is 7.11 Å². The van der Waals surface area contributed by atoms with Gasteiger partial charge in [-0.2, -0.15) is 0 Å². The molecule has 0 fully saturated rings. The van der Waals surface area contributed by atoms with Crippen molar-refractivity contribution < 1.29 is 4.74 Å². The van der Waals surface area contributed by atoms with Crippen LogP contribution in [-0.2, 0) is 4.74 Å². The van der Waals surface area contributed by atoms with Gasteiger partial charge in [0.2, 0.25) is 0 Å². The Kier molecular flexibility index (Phi) is 10.8. The summed E-state index contributed by atoms with van der Waals surface area (Å²) in [6.45, 7) is 10.3. The third kappa shape index (κ3) is 7.65. The average Bonchev–Trinajstić information content (AvgIpc) is 2.79. The molecule has 0 spiro atoms. The summed E-state index contributed by atoms with van der Waals surface area (Å²) in [5.74, 6) is 0.619. The molecule has 3 heteroatoms. The molecule has 0 saturated heterocycles. The highest BCUT2D eigenvalue weighted by Crippen LogP contribution is 2.24. The highest BCUT2D eigenvalue weighted by atomic mass is 16.5. The minimum atomic E-state index is 0.554. The highest BCUT2D eigenvalue weighted by molar-refractivity contribution is 5.33. The zero-order valence-electron chi connectivity index (χ0n) is 17.6. The topological polar surface area (TPSA) is 24.5 Å². The van der Waals surface area contributed by atoms with E-state index in [1.807, 2.05) is 0 Å². The Hall–Kier alpha value is -1.74. The summed E-state index contributed by atoms with van der Waals surface area (Å²) >= 11 is 0. The van der Waals surface area contributed by atoms with E-state index in [2.05, 4.69) is 81.4 Å². The molecule has 1 aliphatic carbocycles. The Morgan fingerprint density at radius 2 is 2.15 bits per heavy atom. The van der Waals surface area contributed by atoms with Gasteiger partial charge in [0.1, 0.15) is 6.73 Å². The first kappa shape index (κ1) is 22.3. The number of likely N-dealkylation sites (N-methyl/N-ethyl adjacent to an activating group) is 1. The highest BCUT2D eigenvalue weighted by Gasteiger charge is 2.13. The van der Waals surface area contributed by atoms with Crippen molar-refractivity contribution in [3.63, 3.8) is 0 Å². The van der Waals surface area contributed by atoms with E-state index in [1.165, 1.54) is 29.0 Å². The van der Waals surface area contributed by atoms with Crippen molar-refractivity contribution in [1.29, 1.82) is 0 Å². The predicted octanol–water partition coefficient (Wildman–Crippen LogP) is 5.56. The minimum Gasteiger partial charge on any atom is -0.374 e. The molecule has 0 heterocycles. The molecular formula is C23H38N2O. The molecule has 0 aromatic carbocycles. The molecular weight excluding hydrogens is 320 g/mol. The first-order chi connectivity index (χ1) is 12.5. The van der Waals surface area contributed by atoms with Gasteiger partial charge in [0.25, 0.3) is 0 Å². The second-order valence-corrected chi connectivity index (χ2v) is 7.02. The molecule has 1 aliphatic rings. The first-order valence-electron chi connectivity index (χ1n) is 9.88. The lowest BCUT2D eigenvalue weighted by molar-refractivity contribution is 0.185. The maximum atomic E-state index is 5.21. The standard InChI is InChI=1S/C23H38N2O/c1-7-9-14-23(20(4)11-8-2)25(5)16-15-21-17-19(3)12-10-13-22(21)24-18-26-6/h8-9,11,13-14,17,19,24H,7,10,12,15-16,18H2,1-6H3/b11-8-,14-9-,23-20+. The third-order valence-corrected chi connectivity index (χ3v) is 4.67. The van der Waals surface area contributed by atoms with Crippen LogP contribution in [0.15, 0.2) is 59.0 Å². The van der Waals surface area contributed by atoms with Crippen molar-refractivity contribution in [2.75, 3.05) is 27.4 Å². The predicted molar refractivity (Wildman–Crippen MR) is 114 cm³/mol. The zero-order valence-corrected chi connectivity index (χ0v) is 17.6. The van der Waals surface area contributed by atoms with E-state index in [4.69, 9.17) is 4.74 Å². The minimum absolute atomic E-state index is 0.554. The molecule has 0 radical (unpaired) electrons. The van der Waals surface area contributed by atoms with Gasteiger partial charge in [-0.1, -0.05) is 44.2 Å². The number of hydrogen-bond acceptors (Lipinski definition) is 3. The molecule has 26 heavy (non-hydrogen) atoms. The molecule has 1 N–H and O–H groups in total. The summed E-state index contributed by atoms with van der Waals surface area (Å²) in [6.07, 6.45) is 17.9. The second kappa shape index (κ2) is 12.6.